The van der Waals surface area contributed by atoms with E-state index in [1.54, 1.807) is 13.8 Å². The first kappa shape index (κ1) is 15.6. The van der Waals surface area contributed by atoms with Gasteiger partial charge in [-0.3, -0.25) is 0 Å². The molecule has 0 spiro atoms. The second-order valence-electron chi connectivity index (χ2n) is 4.96. The minimum atomic E-state index is -1.77. The molecule has 8 heteroatoms. The quantitative estimate of drug-likeness (QED) is 0.437. The highest BCUT2D eigenvalue weighted by Gasteiger charge is 2.39. The summed E-state index contributed by atoms with van der Waals surface area (Å²) in [5, 5.41) is 18.8. The number of ether oxygens (including phenoxy) is 4. The third-order valence-electron chi connectivity index (χ3n) is 2.86. The van der Waals surface area contributed by atoms with Crippen LogP contribution in [-0.4, -0.2) is 49.2 Å². The van der Waals surface area contributed by atoms with Crippen molar-refractivity contribution < 1.29 is 33.8 Å². The summed E-state index contributed by atoms with van der Waals surface area (Å²) in [4.78, 5) is 12.2. The van der Waals surface area contributed by atoms with Crippen molar-refractivity contribution in [1.82, 2.24) is 0 Å². The number of carbonyl (C=O) groups excluding carboxylic acids is 1. The van der Waals surface area contributed by atoms with Gasteiger partial charge in [-0.15, -0.1) is 0 Å². The number of benzene rings is 1. The summed E-state index contributed by atoms with van der Waals surface area (Å²) in [5.74, 6) is -1.54. The molecule has 0 aliphatic carbocycles. The molecular formula is C13H17BO7. The average Bonchev–Trinajstić information content (AvgIpc) is 2.36. The van der Waals surface area contributed by atoms with E-state index in [0.29, 0.717) is 6.61 Å². The highest BCUT2D eigenvalue weighted by atomic mass is 16.7. The van der Waals surface area contributed by atoms with E-state index in [1.165, 1.54) is 19.2 Å². The maximum Gasteiger partial charge on any atom is 0.492 e. The maximum absolute atomic E-state index is 12.2. The molecule has 2 rings (SSSR count). The zero-order valence-electron chi connectivity index (χ0n) is 12.1. The molecule has 0 saturated carbocycles. The van der Waals surface area contributed by atoms with Gasteiger partial charge < -0.3 is 29.0 Å². The molecule has 114 valence electrons. The van der Waals surface area contributed by atoms with Crippen LogP contribution in [0.5, 0.6) is 11.5 Å². The van der Waals surface area contributed by atoms with Crippen molar-refractivity contribution in [2.24, 2.45) is 0 Å². The van der Waals surface area contributed by atoms with Crippen molar-refractivity contribution in [2.75, 3.05) is 20.3 Å². The number of rotatable bonds is 5. The smallest absolute Gasteiger partial charge is 0.490 e. The minimum Gasteiger partial charge on any atom is -0.490 e. The number of methoxy groups -OCH3 is 1. The lowest BCUT2D eigenvalue weighted by molar-refractivity contribution is -0.127. The van der Waals surface area contributed by atoms with Crippen LogP contribution < -0.4 is 14.9 Å². The van der Waals surface area contributed by atoms with Gasteiger partial charge in [0.05, 0.1) is 6.61 Å². The Morgan fingerprint density at radius 1 is 1.24 bits per heavy atom. The summed E-state index contributed by atoms with van der Waals surface area (Å²) in [7, 11) is -0.238. The number of esters is 1. The summed E-state index contributed by atoms with van der Waals surface area (Å²) in [6.07, 6.45) is 0. The van der Waals surface area contributed by atoms with E-state index in [0.717, 1.165) is 0 Å². The Kier molecular flexibility index (Phi) is 4.41. The minimum absolute atomic E-state index is 0.0380. The SMILES string of the molecule is COCCOc1ccc(B(O)O)c2c1C(=O)OC(C)(C)O2. The standard InChI is InChI=1S/C13H17BO7/c1-13(2)20-11-8(14(16)17)4-5-9(19-7-6-18-3)10(11)12(15)21-13/h4-5,16-17H,6-7H2,1-3H3. The van der Waals surface area contributed by atoms with Gasteiger partial charge in [0, 0.05) is 26.4 Å². The van der Waals surface area contributed by atoms with Crippen LogP contribution in [-0.2, 0) is 9.47 Å². The van der Waals surface area contributed by atoms with Crippen molar-refractivity contribution in [3.8, 4) is 11.5 Å². The van der Waals surface area contributed by atoms with Crippen LogP contribution >= 0.6 is 0 Å². The fourth-order valence-corrected chi connectivity index (χ4v) is 1.98. The van der Waals surface area contributed by atoms with Crippen molar-refractivity contribution in [1.29, 1.82) is 0 Å². The highest BCUT2D eigenvalue weighted by Crippen LogP contribution is 2.35. The average molecular weight is 296 g/mol. The molecule has 0 atom stereocenters. The lowest BCUT2D eigenvalue weighted by Crippen LogP contribution is -2.44. The highest BCUT2D eigenvalue weighted by molar-refractivity contribution is 6.60. The van der Waals surface area contributed by atoms with E-state index in [1.807, 2.05) is 0 Å². The lowest BCUT2D eigenvalue weighted by atomic mass is 9.78. The van der Waals surface area contributed by atoms with Crippen LogP contribution in [0.4, 0.5) is 0 Å². The number of hydrogen-bond donors (Lipinski definition) is 2. The Morgan fingerprint density at radius 3 is 2.57 bits per heavy atom. The van der Waals surface area contributed by atoms with Gasteiger partial charge in [0.2, 0.25) is 5.79 Å². The predicted octanol–water partition coefficient (Wildman–Crippen LogP) is -0.323. The number of cyclic esters (lactones) is 1. The Labute approximate surface area is 122 Å². The van der Waals surface area contributed by atoms with Gasteiger partial charge in [0.25, 0.3) is 0 Å². The van der Waals surface area contributed by atoms with Crippen molar-refractivity contribution in [3.63, 3.8) is 0 Å². The Balaban J connectivity index is 2.46. The topological polar surface area (TPSA) is 94.5 Å². The van der Waals surface area contributed by atoms with Gasteiger partial charge in [-0.25, -0.2) is 4.79 Å². The molecule has 7 nitrogen and oxygen atoms in total. The zero-order chi connectivity index (χ0) is 15.6. The fraction of sp³-hybridized carbons (Fsp3) is 0.462. The molecule has 0 bridgehead atoms. The third kappa shape index (κ3) is 3.29. The van der Waals surface area contributed by atoms with Crippen LogP contribution in [0.15, 0.2) is 12.1 Å². The molecule has 0 fully saturated rings. The Morgan fingerprint density at radius 2 is 1.95 bits per heavy atom. The first-order valence-electron chi connectivity index (χ1n) is 6.43. The van der Waals surface area contributed by atoms with Crippen LogP contribution in [0, 0.1) is 0 Å². The summed E-state index contributed by atoms with van der Waals surface area (Å²) in [6, 6.07) is 2.90. The fourth-order valence-electron chi connectivity index (χ4n) is 1.98. The van der Waals surface area contributed by atoms with Crippen molar-refractivity contribution >= 4 is 18.6 Å². The van der Waals surface area contributed by atoms with Gasteiger partial charge in [-0.2, -0.15) is 0 Å². The second kappa shape index (κ2) is 5.93. The van der Waals surface area contributed by atoms with Crippen molar-refractivity contribution in [3.05, 3.63) is 17.7 Å². The summed E-state index contributed by atoms with van der Waals surface area (Å²) in [5.41, 5.74) is 0.116. The molecular weight excluding hydrogens is 279 g/mol. The molecule has 1 aliphatic rings. The van der Waals surface area contributed by atoms with Gasteiger partial charge in [0.15, 0.2) is 0 Å². The van der Waals surface area contributed by atoms with E-state index >= 15 is 0 Å². The van der Waals surface area contributed by atoms with E-state index in [-0.39, 0.29) is 29.1 Å². The van der Waals surface area contributed by atoms with Gasteiger partial charge in [-0.1, -0.05) is 6.07 Å². The normalized spacial score (nSPS) is 15.8. The third-order valence-corrected chi connectivity index (χ3v) is 2.86. The Bertz CT molecular complexity index is 542. The molecule has 0 saturated heterocycles. The lowest BCUT2D eigenvalue weighted by Gasteiger charge is -2.33. The second-order valence-corrected chi connectivity index (χ2v) is 4.96. The molecule has 0 aromatic heterocycles. The van der Waals surface area contributed by atoms with E-state index < -0.39 is 18.9 Å². The van der Waals surface area contributed by atoms with Crippen LogP contribution in [0.1, 0.15) is 24.2 Å². The molecule has 21 heavy (non-hydrogen) atoms. The van der Waals surface area contributed by atoms with Gasteiger partial charge in [-0.05, 0) is 6.07 Å². The van der Waals surface area contributed by atoms with Crippen molar-refractivity contribution in [2.45, 2.75) is 19.6 Å². The molecule has 0 amide bonds. The number of hydrogen-bond acceptors (Lipinski definition) is 7. The van der Waals surface area contributed by atoms with Gasteiger partial charge in [0.1, 0.15) is 23.7 Å². The van der Waals surface area contributed by atoms with E-state index in [4.69, 9.17) is 18.9 Å². The number of carbonyl (C=O) groups is 1. The van der Waals surface area contributed by atoms with E-state index in [9.17, 15) is 14.8 Å². The van der Waals surface area contributed by atoms with Crippen LogP contribution in [0.25, 0.3) is 0 Å². The van der Waals surface area contributed by atoms with E-state index in [2.05, 4.69) is 0 Å². The van der Waals surface area contributed by atoms with Gasteiger partial charge >= 0.3 is 13.1 Å². The largest absolute Gasteiger partial charge is 0.492 e. The zero-order valence-corrected chi connectivity index (χ0v) is 12.1. The summed E-state index contributed by atoms with van der Waals surface area (Å²) < 4.78 is 21.0. The number of fused-ring (bicyclic) bond motifs is 1. The summed E-state index contributed by atoms with van der Waals surface area (Å²) >= 11 is 0. The first-order valence-corrected chi connectivity index (χ1v) is 6.43. The Hall–Kier alpha value is -1.77. The first-order chi connectivity index (χ1) is 9.85. The molecule has 1 aliphatic heterocycles. The summed E-state index contributed by atoms with van der Waals surface area (Å²) in [6.45, 7) is 3.70. The molecule has 1 aromatic carbocycles. The van der Waals surface area contributed by atoms with Crippen LogP contribution in [0.3, 0.4) is 0 Å². The monoisotopic (exact) mass is 296 g/mol. The molecule has 1 aromatic rings. The molecule has 2 N–H and O–H groups in total. The molecule has 0 radical (unpaired) electrons. The predicted molar refractivity (Wildman–Crippen MR) is 73.8 cm³/mol. The molecule has 0 unspecified atom stereocenters. The maximum atomic E-state index is 12.2. The molecule has 1 heterocycles. The van der Waals surface area contributed by atoms with Crippen LogP contribution in [0.2, 0.25) is 0 Å².